The summed E-state index contributed by atoms with van der Waals surface area (Å²) in [4.78, 5) is 17.2. The predicted octanol–water partition coefficient (Wildman–Crippen LogP) is 3.09. The van der Waals surface area contributed by atoms with Gasteiger partial charge in [-0.05, 0) is 56.0 Å². The van der Waals surface area contributed by atoms with E-state index in [0.717, 1.165) is 38.2 Å². The lowest BCUT2D eigenvalue weighted by Crippen LogP contribution is -2.44. The molecule has 0 saturated carbocycles. The van der Waals surface area contributed by atoms with Crippen molar-refractivity contribution < 1.29 is 4.79 Å². The van der Waals surface area contributed by atoms with Gasteiger partial charge in [0.2, 0.25) is 0 Å². The molecule has 1 atom stereocenters. The summed E-state index contributed by atoms with van der Waals surface area (Å²) in [5, 5.41) is 10.2. The number of rotatable bonds is 5. The fourth-order valence-electron chi connectivity index (χ4n) is 4.26. The molecule has 1 aromatic heterocycles. The number of likely N-dealkylation sites (tertiary alicyclic amines) is 2. The highest BCUT2D eigenvalue weighted by Crippen LogP contribution is 2.25. The zero-order valence-electron chi connectivity index (χ0n) is 15.9. The van der Waals surface area contributed by atoms with Crippen LogP contribution >= 0.6 is 0 Å². The number of carbonyl (C=O) groups is 1. The van der Waals surface area contributed by atoms with Crippen LogP contribution in [-0.2, 0) is 13.1 Å². The normalized spacial score (nSPS) is 20.7. The maximum atomic E-state index is 12.7. The van der Waals surface area contributed by atoms with Crippen molar-refractivity contribution >= 4 is 6.03 Å². The number of nitrogens with one attached hydrogen (secondary N) is 2. The van der Waals surface area contributed by atoms with Gasteiger partial charge in [-0.15, -0.1) is 0 Å². The van der Waals surface area contributed by atoms with E-state index >= 15 is 0 Å². The summed E-state index contributed by atoms with van der Waals surface area (Å²) in [6.45, 7) is 5.52. The minimum Gasteiger partial charge on any atom is -0.334 e. The van der Waals surface area contributed by atoms with Gasteiger partial charge >= 0.3 is 6.03 Å². The number of carbonyl (C=O) groups excluding carboxylic acids is 1. The Morgan fingerprint density at radius 3 is 2.70 bits per heavy atom. The van der Waals surface area contributed by atoms with E-state index in [-0.39, 0.29) is 6.03 Å². The number of H-pyrrole nitrogens is 1. The maximum absolute atomic E-state index is 12.7. The van der Waals surface area contributed by atoms with Crippen molar-refractivity contribution in [1.82, 2.24) is 25.3 Å². The van der Waals surface area contributed by atoms with Crippen LogP contribution in [-0.4, -0.2) is 52.2 Å². The number of aromatic amines is 1. The molecule has 1 aromatic carbocycles. The van der Waals surface area contributed by atoms with Gasteiger partial charge in [-0.3, -0.25) is 10.00 Å². The second kappa shape index (κ2) is 8.57. The summed E-state index contributed by atoms with van der Waals surface area (Å²) in [5.74, 6) is 0.356. The molecule has 3 heterocycles. The first-order chi connectivity index (χ1) is 13.3. The maximum Gasteiger partial charge on any atom is 0.317 e. The number of urea groups is 1. The Morgan fingerprint density at radius 1 is 1.11 bits per heavy atom. The number of piperidine rings is 1. The Bertz CT molecular complexity index is 739. The standard InChI is InChI=1S/C21H29N5O/c27-21(26-13-5-8-19(16-26)20-9-10-23-24-20)22-14-17-6-1-2-7-18(17)15-25-11-3-4-12-25/h1-2,6-7,9-10,19H,3-5,8,11-16H2,(H,22,27)(H,23,24). The SMILES string of the molecule is O=C(NCc1ccccc1CN1CCCC1)N1CCCC(c2ccn[nH]2)C1. The van der Waals surface area contributed by atoms with Gasteiger partial charge in [0.1, 0.15) is 0 Å². The molecule has 4 rings (SSSR count). The fourth-order valence-corrected chi connectivity index (χ4v) is 4.26. The van der Waals surface area contributed by atoms with E-state index in [1.165, 1.54) is 37.1 Å². The number of amides is 2. The molecule has 2 aromatic rings. The molecule has 6 nitrogen and oxygen atoms in total. The molecule has 144 valence electrons. The molecular formula is C21H29N5O. The topological polar surface area (TPSA) is 64.3 Å². The molecule has 0 radical (unpaired) electrons. The Kier molecular flexibility index (Phi) is 5.72. The Balaban J connectivity index is 1.33. The second-order valence-corrected chi connectivity index (χ2v) is 7.71. The van der Waals surface area contributed by atoms with Crippen LogP contribution in [0.4, 0.5) is 4.79 Å². The quantitative estimate of drug-likeness (QED) is 0.853. The van der Waals surface area contributed by atoms with Crippen LogP contribution in [0, 0.1) is 0 Å². The third kappa shape index (κ3) is 4.50. The van der Waals surface area contributed by atoms with Gasteiger partial charge in [-0.2, -0.15) is 5.10 Å². The lowest BCUT2D eigenvalue weighted by atomic mass is 9.95. The number of benzene rings is 1. The molecule has 27 heavy (non-hydrogen) atoms. The summed E-state index contributed by atoms with van der Waals surface area (Å²) >= 11 is 0. The molecule has 2 amide bonds. The molecule has 2 saturated heterocycles. The summed E-state index contributed by atoms with van der Waals surface area (Å²) in [6, 6.07) is 10.5. The lowest BCUT2D eigenvalue weighted by Gasteiger charge is -2.32. The molecule has 2 aliphatic heterocycles. The average Bonchev–Trinajstić information content (AvgIpc) is 3.41. The van der Waals surface area contributed by atoms with Gasteiger partial charge in [0.15, 0.2) is 0 Å². The fraction of sp³-hybridized carbons (Fsp3) is 0.524. The highest BCUT2D eigenvalue weighted by atomic mass is 16.2. The second-order valence-electron chi connectivity index (χ2n) is 7.71. The minimum atomic E-state index is 0.0372. The van der Waals surface area contributed by atoms with Crippen LogP contribution in [0.2, 0.25) is 0 Å². The van der Waals surface area contributed by atoms with Crippen molar-refractivity contribution in [2.45, 2.75) is 44.7 Å². The summed E-state index contributed by atoms with van der Waals surface area (Å²) < 4.78 is 0. The predicted molar refractivity (Wildman–Crippen MR) is 105 cm³/mol. The van der Waals surface area contributed by atoms with E-state index in [1.807, 2.05) is 11.0 Å². The Morgan fingerprint density at radius 2 is 1.93 bits per heavy atom. The average molecular weight is 367 g/mol. The zero-order chi connectivity index (χ0) is 18.5. The number of hydrogen-bond donors (Lipinski definition) is 2. The number of hydrogen-bond acceptors (Lipinski definition) is 3. The summed E-state index contributed by atoms with van der Waals surface area (Å²) in [6.07, 6.45) is 6.51. The minimum absolute atomic E-state index is 0.0372. The summed E-state index contributed by atoms with van der Waals surface area (Å²) in [5.41, 5.74) is 3.68. The molecule has 2 aliphatic rings. The van der Waals surface area contributed by atoms with Gasteiger partial charge in [0, 0.05) is 44.0 Å². The van der Waals surface area contributed by atoms with E-state index in [2.05, 4.69) is 44.7 Å². The van der Waals surface area contributed by atoms with Crippen molar-refractivity contribution in [3.05, 3.63) is 53.3 Å². The van der Waals surface area contributed by atoms with Crippen molar-refractivity contribution in [2.24, 2.45) is 0 Å². The lowest BCUT2D eigenvalue weighted by molar-refractivity contribution is 0.178. The summed E-state index contributed by atoms with van der Waals surface area (Å²) in [7, 11) is 0. The molecule has 0 bridgehead atoms. The van der Waals surface area contributed by atoms with Gasteiger partial charge in [-0.25, -0.2) is 4.79 Å². The van der Waals surface area contributed by atoms with E-state index in [1.54, 1.807) is 6.20 Å². The Labute approximate surface area is 160 Å². The molecule has 2 fully saturated rings. The van der Waals surface area contributed by atoms with Gasteiger partial charge < -0.3 is 10.2 Å². The zero-order valence-corrected chi connectivity index (χ0v) is 15.9. The molecular weight excluding hydrogens is 338 g/mol. The first-order valence-electron chi connectivity index (χ1n) is 10.1. The van der Waals surface area contributed by atoms with Crippen molar-refractivity contribution in [1.29, 1.82) is 0 Å². The van der Waals surface area contributed by atoms with Crippen LogP contribution in [0.25, 0.3) is 0 Å². The van der Waals surface area contributed by atoms with Crippen LogP contribution < -0.4 is 5.32 Å². The third-order valence-corrected chi connectivity index (χ3v) is 5.81. The largest absolute Gasteiger partial charge is 0.334 e. The van der Waals surface area contributed by atoms with E-state index in [4.69, 9.17) is 0 Å². The molecule has 0 aliphatic carbocycles. The van der Waals surface area contributed by atoms with Crippen molar-refractivity contribution in [2.75, 3.05) is 26.2 Å². The highest BCUT2D eigenvalue weighted by molar-refractivity contribution is 5.74. The molecule has 2 N–H and O–H groups in total. The molecule has 6 heteroatoms. The molecule has 0 spiro atoms. The molecule has 1 unspecified atom stereocenters. The van der Waals surface area contributed by atoms with Crippen molar-refractivity contribution in [3.63, 3.8) is 0 Å². The van der Waals surface area contributed by atoms with E-state index in [9.17, 15) is 4.79 Å². The Hall–Kier alpha value is -2.34. The monoisotopic (exact) mass is 367 g/mol. The smallest absolute Gasteiger partial charge is 0.317 e. The third-order valence-electron chi connectivity index (χ3n) is 5.81. The van der Waals surface area contributed by atoms with Gasteiger partial charge in [0.25, 0.3) is 0 Å². The number of aromatic nitrogens is 2. The number of nitrogens with zero attached hydrogens (tertiary/aromatic N) is 3. The van der Waals surface area contributed by atoms with Crippen LogP contribution in [0.5, 0.6) is 0 Å². The van der Waals surface area contributed by atoms with Gasteiger partial charge in [0.05, 0.1) is 0 Å². The van der Waals surface area contributed by atoms with Crippen LogP contribution in [0.15, 0.2) is 36.5 Å². The van der Waals surface area contributed by atoms with Crippen molar-refractivity contribution in [3.8, 4) is 0 Å². The van der Waals surface area contributed by atoms with E-state index in [0.29, 0.717) is 12.5 Å². The van der Waals surface area contributed by atoms with Crippen LogP contribution in [0.1, 0.15) is 48.4 Å². The van der Waals surface area contributed by atoms with Gasteiger partial charge in [-0.1, -0.05) is 24.3 Å². The van der Waals surface area contributed by atoms with Crippen LogP contribution in [0.3, 0.4) is 0 Å². The first-order valence-corrected chi connectivity index (χ1v) is 10.1. The highest BCUT2D eigenvalue weighted by Gasteiger charge is 2.25. The van der Waals surface area contributed by atoms with E-state index < -0.39 is 0 Å². The first kappa shape index (κ1) is 18.0.